The standard InChI is InChI=1S/C23H30O6.C2H6/c1-23(2)27-15-18(29-23)13-22-21(26-14-16-7-4-3-5-8-16)12-17(28-22)11-19(24)20-9-6-10-25-20;1-2/h3-10,17-19,21-22,24H,11-15H2,1-2H3;1-2H3/t17-,18+,19?,21+,22+;/m0./s1. The Morgan fingerprint density at radius 3 is 2.52 bits per heavy atom. The minimum atomic E-state index is -0.687. The molecule has 2 aliphatic rings. The van der Waals surface area contributed by atoms with Gasteiger partial charge in [0.2, 0.25) is 0 Å². The average molecular weight is 433 g/mol. The van der Waals surface area contributed by atoms with Gasteiger partial charge in [0.15, 0.2) is 5.79 Å². The van der Waals surface area contributed by atoms with Crippen LogP contribution in [0.4, 0.5) is 0 Å². The lowest BCUT2D eigenvalue weighted by Crippen LogP contribution is -2.30. The van der Waals surface area contributed by atoms with E-state index in [1.54, 1.807) is 18.4 Å². The molecule has 0 aliphatic carbocycles. The van der Waals surface area contributed by atoms with Crippen molar-refractivity contribution in [3.63, 3.8) is 0 Å². The van der Waals surface area contributed by atoms with Gasteiger partial charge in [-0.05, 0) is 31.5 Å². The maximum atomic E-state index is 10.4. The van der Waals surface area contributed by atoms with Gasteiger partial charge in [-0.1, -0.05) is 44.2 Å². The zero-order chi connectivity index (χ0) is 22.3. The molecule has 0 spiro atoms. The molecule has 2 aliphatic heterocycles. The third kappa shape index (κ3) is 6.89. The smallest absolute Gasteiger partial charge is 0.163 e. The summed E-state index contributed by atoms with van der Waals surface area (Å²) >= 11 is 0. The summed E-state index contributed by atoms with van der Waals surface area (Å²) in [4.78, 5) is 0. The van der Waals surface area contributed by atoms with E-state index in [4.69, 9.17) is 23.4 Å². The summed E-state index contributed by atoms with van der Waals surface area (Å²) in [7, 11) is 0. The van der Waals surface area contributed by atoms with E-state index >= 15 is 0 Å². The summed E-state index contributed by atoms with van der Waals surface area (Å²) in [5.41, 5.74) is 1.13. The molecule has 5 atom stereocenters. The summed E-state index contributed by atoms with van der Waals surface area (Å²) in [5.74, 6) is 0.00604. The van der Waals surface area contributed by atoms with Crippen LogP contribution in [-0.4, -0.2) is 41.9 Å². The zero-order valence-electron chi connectivity index (χ0n) is 19.0. The van der Waals surface area contributed by atoms with E-state index in [-0.39, 0.29) is 24.4 Å². The van der Waals surface area contributed by atoms with Gasteiger partial charge in [-0.25, -0.2) is 0 Å². The molecule has 0 radical (unpaired) electrons. The van der Waals surface area contributed by atoms with Crippen LogP contribution >= 0.6 is 0 Å². The van der Waals surface area contributed by atoms with E-state index in [0.717, 1.165) is 12.0 Å². The van der Waals surface area contributed by atoms with Crippen molar-refractivity contribution in [1.82, 2.24) is 0 Å². The Morgan fingerprint density at radius 1 is 1.10 bits per heavy atom. The molecule has 2 fully saturated rings. The van der Waals surface area contributed by atoms with Crippen molar-refractivity contribution < 1.29 is 28.5 Å². The summed E-state index contributed by atoms with van der Waals surface area (Å²) < 4.78 is 29.5. The van der Waals surface area contributed by atoms with Crippen LogP contribution < -0.4 is 0 Å². The molecule has 1 aromatic heterocycles. The molecule has 1 unspecified atom stereocenters. The summed E-state index contributed by atoms with van der Waals surface area (Å²) in [5, 5.41) is 10.4. The van der Waals surface area contributed by atoms with Gasteiger partial charge in [0.1, 0.15) is 11.9 Å². The fourth-order valence-electron chi connectivity index (χ4n) is 4.10. The lowest BCUT2D eigenvalue weighted by atomic mass is 10.0. The molecule has 2 saturated heterocycles. The second-order valence-electron chi connectivity index (χ2n) is 8.32. The molecule has 1 aromatic carbocycles. The van der Waals surface area contributed by atoms with Gasteiger partial charge in [-0.2, -0.15) is 0 Å². The number of hydrogen-bond donors (Lipinski definition) is 1. The van der Waals surface area contributed by atoms with Crippen LogP contribution in [0.3, 0.4) is 0 Å². The first-order valence-electron chi connectivity index (χ1n) is 11.3. The van der Waals surface area contributed by atoms with Gasteiger partial charge >= 0.3 is 0 Å². The third-order valence-electron chi connectivity index (χ3n) is 5.50. The molecule has 0 saturated carbocycles. The lowest BCUT2D eigenvalue weighted by molar-refractivity contribution is -0.145. The molecule has 4 rings (SSSR count). The van der Waals surface area contributed by atoms with Crippen molar-refractivity contribution in [2.24, 2.45) is 0 Å². The van der Waals surface area contributed by atoms with Gasteiger partial charge in [-0.3, -0.25) is 0 Å². The van der Waals surface area contributed by atoms with E-state index in [9.17, 15) is 5.11 Å². The molecular weight excluding hydrogens is 396 g/mol. The predicted molar refractivity (Wildman–Crippen MR) is 117 cm³/mol. The zero-order valence-corrected chi connectivity index (χ0v) is 19.0. The molecule has 0 bridgehead atoms. The third-order valence-corrected chi connectivity index (χ3v) is 5.50. The molecular formula is C25H36O6. The molecule has 1 N–H and O–H groups in total. The fourth-order valence-corrected chi connectivity index (χ4v) is 4.10. The van der Waals surface area contributed by atoms with Crippen LogP contribution in [0.25, 0.3) is 0 Å². The number of aliphatic hydroxyl groups is 1. The second-order valence-corrected chi connectivity index (χ2v) is 8.32. The van der Waals surface area contributed by atoms with Crippen LogP contribution in [0.15, 0.2) is 53.1 Å². The van der Waals surface area contributed by atoms with Gasteiger partial charge in [0, 0.05) is 19.3 Å². The van der Waals surface area contributed by atoms with E-state index < -0.39 is 11.9 Å². The predicted octanol–water partition coefficient (Wildman–Crippen LogP) is 5.01. The van der Waals surface area contributed by atoms with Crippen molar-refractivity contribution in [3.8, 4) is 0 Å². The molecule has 6 heteroatoms. The van der Waals surface area contributed by atoms with E-state index in [0.29, 0.717) is 31.8 Å². The minimum absolute atomic E-state index is 0.0217. The monoisotopic (exact) mass is 432 g/mol. The molecule has 0 amide bonds. The summed E-state index contributed by atoms with van der Waals surface area (Å²) in [6.07, 6.45) is 2.51. The summed E-state index contributed by atoms with van der Waals surface area (Å²) in [6, 6.07) is 13.7. The molecule has 31 heavy (non-hydrogen) atoms. The van der Waals surface area contributed by atoms with Crippen molar-refractivity contribution in [2.45, 2.75) is 89.9 Å². The first kappa shape index (κ1) is 24.0. The van der Waals surface area contributed by atoms with Crippen LogP contribution in [-0.2, 0) is 25.6 Å². The maximum absolute atomic E-state index is 10.4. The number of furan rings is 1. The SMILES string of the molecule is CC.CC1(C)OC[C@@H](C[C@H]2O[C@@H](CC(O)c3ccco3)C[C@H]2OCc2ccccc2)O1. The van der Waals surface area contributed by atoms with E-state index in [1.165, 1.54) is 0 Å². The Balaban J connectivity index is 0.00000132. The van der Waals surface area contributed by atoms with Gasteiger partial charge in [-0.15, -0.1) is 0 Å². The number of hydrogen-bond acceptors (Lipinski definition) is 6. The van der Waals surface area contributed by atoms with Crippen molar-refractivity contribution >= 4 is 0 Å². The molecule has 2 aromatic rings. The quantitative estimate of drug-likeness (QED) is 0.632. The highest BCUT2D eigenvalue weighted by Crippen LogP contribution is 2.35. The Hall–Kier alpha value is -1.70. The highest BCUT2D eigenvalue weighted by Gasteiger charge is 2.41. The van der Waals surface area contributed by atoms with Crippen LogP contribution in [0.5, 0.6) is 0 Å². The largest absolute Gasteiger partial charge is 0.467 e. The van der Waals surface area contributed by atoms with Crippen molar-refractivity contribution in [2.75, 3.05) is 6.61 Å². The molecule has 3 heterocycles. The molecule has 172 valence electrons. The molecule has 6 nitrogen and oxygen atoms in total. The first-order valence-corrected chi connectivity index (χ1v) is 11.3. The van der Waals surface area contributed by atoms with E-state index in [2.05, 4.69) is 12.1 Å². The Bertz CT molecular complexity index is 745. The van der Waals surface area contributed by atoms with Gasteiger partial charge < -0.3 is 28.5 Å². The normalized spacial score (nSPS) is 28.2. The topological polar surface area (TPSA) is 70.3 Å². The fraction of sp³-hybridized carbons (Fsp3) is 0.600. The number of aliphatic hydroxyl groups excluding tert-OH is 1. The second kappa shape index (κ2) is 11.2. The first-order chi connectivity index (χ1) is 15.0. The number of ether oxygens (including phenoxy) is 4. The van der Waals surface area contributed by atoms with Crippen molar-refractivity contribution in [3.05, 3.63) is 60.1 Å². The Kier molecular flexibility index (Phi) is 8.69. The highest BCUT2D eigenvalue weighted by molar-refractivity contribution is 5.13. The Labute approximate surface area is 185 Å². The highest BCUT2D eigenvalue weighted by atomic mass is 16.7. The number of rotatable bonds is 8. The summed E-state index contributed by atoms with van der Waals surface area (Å²) in [6.45, 7) is 8.94. The number of benzene rings is 1. The average Bonchev–Trinajstić information content (AvgIpc) is 3.50. The van der Waals surface area contributed by atoms with E-state index in [1.807, 2.05) is 45.9 Å². The van der Waals surface area contributed by atoms with Crippen LogP contribution in [0, 0.1) is 0 Å². The van der Waals surface area contributed by atoms with Crippen LogP contribution in [0.1, 0.15) is 64.4 Å². The van der Waals surface area contributed by atoms with Crippen molar-refractivity contribution in [1.29, 1.82) is 0 Å². The Morgan fingerprint density at radius 2 is 1.87 bits per heavy atom. The van der Waals surface area contributed by atoms with Gasteiger partial charge in [0.25, 0.3) is 0 Å². The van der Waals surface area contributed by atoms with Gasteiger partial charge in [0.05, 0.1) is 43.9 Å². The maximum Gasteiger partial charge on any atom is 0.163 e. The van der Waals surface area contributed by atoms with Crippen LogP contribution in [0.2, 0.25) is 0 Å². The minimum Gasteiger partial charge on any atom is -0.467 e. The lowest BCUT2D eigenvalue weighted by Gasteiger charge is -2.23.